The van der Waals surface area contributed by atoms with Crippen molar-refractivity contribution in [2.24, 2.45) is 5.84 Å². The van der Waals surface area contributed by atoms with E-state index in [-0.39, 0.29) is 11.9 Å². The summed E-state index contributed by atoms with van der Waals surface area (Å²) in [5.41, 5.74) is 5.44. The summed E-state index contributed by atoms with van der Waals surface area (Å²) in [5.74, 6) is 6.09. The normalized spacial score (nSPS) is 12.8. The fourth-order valence-corrected chi connectivity index (χ4v) is 2.20. The summed E-state index contributed by atoms with van der Waals surface area (Å²) in [4.78, 5) is 0. The Bertz CT molecular complexity index is 603. The van der Waals surface area contributed by atoms with E-state index in [1.807, 2.05) is 6.92 Å². The summed E-state index contributed by atoms with van der Waals surface area (Å²) in [6.07, 6.45) is 1.60. The molecule has 1 unspecified atom stereocenters. The van der Waals surface area contributed by atoms with Gasteiger partial charge in [-0.15, -0.1) is 0 Å². The van der Waals surface area contributed by atoms with Crippen molar-refractivity contribution in [2.75, 3.05) is 0 Å². The van der Waals surface area contributed by atoms with Crippen LogP contribution in [0.25, 0.3) is 11.0 Å². The number of benzene rings is 1. The number of aryl methyl sites for hydroxylation is 1. The highest BCUT2D eigenvalue weighted by molar-refractivity contribution is 5.82. The predicted octanol–water partition coefficient (Wildman–Crippen LogP) is 3.74. The molecule has 0 spiro atoms. The molecule has 102 valence electrons. The molecule has 1 heterocycles. The molecule has 3 nitrogen and oxygen atoms in total. The quantitative estimate of drug-likeness (QED) is 0.490. The first-order valence-electron chi connectivity index (χ1n) is 6.38. The summed E-state index contributed by atoms with van der Waals surface area (Å²) >= 11 is 0. The molecule has 0 aliphatic heterocycles. The number of nitrogens with one attached hydrogen (secondary N) is 1. The molecule has 2 aromatic rings. The molecular weight excluding hydrogens is 243 g/mol. The fraction of sp³-hybridized carbons (Fsp3) is 0.333. The molecule has 2 rings (SSSR count). The third-order valence-corrected chi connectivity index (χ3v) is 3.45. The highest BCUT2D eigenvalue weighted by Crippen LogP contribution is 2.32. The van der Waals surface area contributed by atoms with Crippen LogP contribution in [-0.2, 0) is 0 Å². The molecule has 0 saturated carbocycles. The first kappa shape index (κ1) is 13.8. The molecule has 0 bridgehead atoms. The summed E-state index contributed by atoms with van der Waals surface area (Å²) < 4.78 is 19.1. The van der Waals surface area contributed by atoms with Crippen molar-refractivity contribution in [1.29, 1.82) is 0 Å². The second-order valence-electron chi connectivity index (χ2n) is 4.76. The van der Waals surface area contributed by atoms with Crippen molar-refractivity contribution in [3.05, 3.63) is 47.5 Å². The van der Waals surface area contributed by atoms with Crippen LogP contribution in [0, 0.1) is 12.7 Å². The lowest BCUT2D eigenvalue weighted by atomic mass is 10.0. The van der Waals surface area contributed by atoms with Gasteiger partial charge in [-0.25, -0.2) is 9.82 Å². The molecule has 19 heavy (non-hydrogen) atoms. The molecule has 1 aromatic heterocycles. The van der Waals surface area contributed by atoms with Gasteiger partial charge in [-0.05, 0) is 38.0 Å². The van der Waals surface area contributed by atoms with Gasteiger partial charge in [-0.3, -0.25) is 5.84 Å². The van der Waals surface area contributed by atoms with Crippen molar-refractivity contribution in [2.45, 2.75) is 32.7 Å². The molecule has 0 saturated heterocycles. The van der Waals surface area contributed by atoms with Gasteiger partial charge in [0.2, 0.25) is 0 Å². The summed E-state index contributed by atoms with van der Waals surface area (Å²) in [6.45, 7) is 7.96. The first-order valence-corrected chi connectivity index (χ1v) is 6.38. The van der Waals surface area contributed by atoms with E-state index in [0.717, 1.165) is 28.7 Å². The molecule has 1 atom stereocenters. The van der Waals surface area contributed by atoms with Crippen LogP contribution in [0.1, 0.15) is 37.1 Å². The Kier molecular flexibility index (Phi) is 4.02. The molecule has 0 fully saturated rings. The Morgan fingerprint density at radius 1 is 1.53 bits per heavy atom. The maximum Gasteiger partial charge on any atom is 0.134 e. The number of nitrogens with two attached hydrogens (primary N) is 1. The van der Waals surface area contributed by atoms with Crippen LogP contribution in [0.4, 0.5) is 4.39 Å². The number of fused-ring (bicyclic) bond motifs is 1. The average molecular weight is 262 g/mol. The van der Waals surface area contributed by atoms with E-state index in [1.54, 1.807) is 6.07 Å². The lowest BCUT2D eigenvalue weighted by Crippen LogP contribution is -2.28. The third kappa shape index (κ3) is 2.69. The van der Waals surface area contributed by atoms with Crippen LogP contribution >= 0.6 is 0 Å². The van der Waals surface area contributed by atoms with Gasteiger partial charge in [-0.2, -0.15) is 0 Å². The zero-order chi connectivity index (χ0) is 14.0. The van der Waals surface area contributed by atoms with E-state index in [9.17, 15) is 4.39 Å². The Labute approximate surface area is 112 Å². The lowest BCUT2D eigenvalue weighted by molar-refractivity contribution is 0.429. The van der Waals surface area contributed by atoms with Crippen LogP contribution in [0.15, 0.2) is 34.8 Å². The number of rotatable bonds is 5. The largest absolute Gasteiger partial charge is 0.459 e. The van der Waals surface area contributed by atoms with Crippen LogP contribution < -0.4 is 11.3 Å². The lowest BCUT2D eigenvalue weighted by Gasteiger charge is -2.15. The highest BCUT2D eigenvalue weighted by Gasteiger charge is 2.20. The fourth-order valence-electron chi connectivity index (χ4n) is 2.20. The van der Waals surface area contributed by atoms with Gasteiger partial charge in [0.15, 0.2) is 0 Å². The number of furan rings is 1. The minimum Gasteiger partial charge on any atom is -0.459 e. The zero-order valence-corrected chi connectivity index (χ0v) is 11.3. The molecule has 0 amide bonds. The Morgan fingerprint density at radius 3 is 2.89 bits per heavy atom. The summed E-state index contributed by atoms with van der Waals surface area (Å²) in [6, 6.07) is 4.39. The number of hydrazine groups is 1. The molecule has 0 radical (unpaired) electrons. The van der Waals surface area contributed by atoms with E-state index in [4.69, 9.17) is 10.3 Å². The Hall–Kier alpha value is -1.65. The molecular formula is C15H19FN2O. The molecule has 4 heteroatoms. The van der Waals surface area contributed by atoms with Crippen LogP contribution in [-0.4, -0.2) is 0 Å². The van der Waals surface area contributed by atoms with Crippen molar-refractivity contribution >= 4 is 11.0 Å². The van der Waals surface area contributed by atoms with Gasteiger partial charge in [-0.1, -0.05) is 19.1 Å². The molecule has 0 aliphatic rings. The van der Waals surface area contributed by atoms with Gasteiger partial charge in [0.05, 0.1) is 6.04 Å². The summed E-state index contributed by atoms with van der Waals surface area (Å²) in [7, 11) is 0. The SMILES string of the molecule is C=C(CC)CC(NN)c1oc2ccc(F)cc2c1C. The predicted molar refractivity (Wildman–Crippen MR) is 75.0 cm³/mol. The minimum absolute atomic E-state index is 0.136. The number of hydrogen-bond donors (Lipinski definition) is 2. The topological polar surface area (TPSA) is 51.2 Å². The minimum atomic E-state index is -0.266. The van der Waals surface area contributed by atoms with Crippen LogP contribution in [0.5, 0.6) is 0 Å². The molecule has 0 aliphatic carbocycles. The second-order valence-corrected chi connectivity index (χ2v) is 4.76. The van der Waals surface area contributed by atoms with E-state index in [2.05, 4.69) is 18.9 Å². The van der Waals surface area contributed by atoms with Crippen molar-refractivity contribution in [3.8, 4) is 0 Å². The van der Waals surface area contributed by atoms with E-state index < -0.39 is 0 Å². The van der Waals surface area contributed by atoms with Crippen LogP contribution in [0.3, 0.4) is 0 Å². The van der Waals surface area contributed by atoms with Gasteiger partial charge in [0.1, 0.15) is 17.2 Å². The van der Waals surface area contributed by atoms with Crippen molar-refractivity contribution < 1.29 is 8.81 Å². The number of halogens is 1. The van der Waals surface area contributed by atoms with Gasteiger partial charge < -0.3 is 4.42 Å². The van der Waals surface area contributed by atoms with Gasteiger partial charge in [0, 0.05) is 10.9 Å². The van der Waals surface area contributed by atoms with Crippen molar-refractivity contribution in [1.82, 2.24) is 5.43 Å². The van der Waals surface area contributed by atoms with E-state index in [1.165, 1.54) is 12.1 Å². The van der Waals surface area contributed by atoms with Crippen molar-refractivity contribution in [3.63, 3.8) is 0 Å². The maximum absolute atomic E-state index is 13.3. The Morgan fingerprint density at radius 2 is 2.26 bits per heavy atom. The van der Waals surface area contributed by atoms with Gasteiger partial charge >= 0.3 is 0 Å². The second kappa shape index (κ2) is 5.55. The average Bonchev–Trinajstić information content (AvgIpc) is 2.73. The molecule has 3 N–H and O–H groups in total. The Balaban J connectivity index is 2.43. The standard InChI is InChI=1S/C15H19FN2O/c1-4-9(2)7-13(18-17)15-10(3)12-8-11(16)5-6-14(12)19-15/h5-6,8,13,18H,2,4,7,17H2,1,3H3. The van der Waals surface area contributed by atoms with E-state index >= 15 is 0 Å². The maximum atomic E-state index is 13.3. The monoisotopic (exact) mass is 262 g/mol. The molecule has 1 aromatic carbocycles. The summed E-state index contributed by atoms with van der Waals surface area (Å²) in [5, 5.41) is 0.789. The third-order valence-electron chi connectivity index (χ3n) is 3.45. The van der Waals surface area contributed by atoms with E-state index in [0.29, 0.717) is 12.0 Å². The number of hydrogen-bond acceptors (Lipinski definition) is 3. The smallest absolute Gasteiger partial charge is 0.134 e. The van der Waals surface area contributed by atoms with Gasteiger partial charge in [0.25, 0.3) is 0 Å². The van der Waals surface area contributed by atoms with Crippen LogP contribution in [0.2, 0.25) is 0 Å². The first-order chi connectivity index (χ1) is 9.06. The zero-order valence-electron chi connectivity index (χ0n) is 11.3. The highest BCUT2D eigenvalue weighted by atomic mass is 19.1.